The maximum Gasteiger partial charge on any atom is 0.323 e. The highest BCUT2D eigenvalue weighted by atomic mass is 16.5. The van der Waals surface area contributed by atoms with Crippen molar-refractivity contribution in [1.82, 2.24) is 24.8 Å². The average Bonchev–Trinajstić information content (AvgIpc) is 3.53. The molecule has 12 heteroatoms. The van der Waals surface area contributed by atoms with Crippen LogP contribution in [0.4, 0.5) is 28.1 Å². The molecule has 242 valence electrons. The molecule has 0 aliphatic carbocycles. The molecule has 0 radical (unpaired) electrons. The van der Waals surface area contributed by atoms with Gasteiger partial charge in [-0.3, -0.25) is 4.79 Å². The van der Waals surface area contributed by atoms with Crippen LogP contribution in [0.5, 0.6) is 0 Å². The number of aromatic nitrogens is 3. The molecule has 2 N–H and O–H groups in total. The zero-order chi connectivity index (χ0) is 31.8. The summed E-state index contributed by atoms with van der Waals surface area (Å²) in [6, 6.07) is 15.5. The Morgan fingerprint density at radius 2 is 1.26 bits per heavy atom. The van der Waals surface area contributed by atoms with E-state index < -0.39 is 0 Å². The number of nitrogens with zero attached hydrogens (tertiary/aromatic N) is 7. The monoisotopic (exact) mass is 625 g/mol. The molecule has 7 rings (SSSR count). The van der Waals surface area contributed by atoms with Gasteiger partial charge in [-0.2, -0.15) is 15.0 Å². The number of urea groups is 1. The number of amides is 3. The number of rotatable bonds is 6. The third-order valence-electron chi connectivity index (χ3n) is 9.85. The van der Waals surface area contributed by atoms with Gasteiger partial charge >= 0.3 is 6.03 Å². The first-order valence-corrected chi connectivity index (χ1v) is 16.5. The van der Waals surface area contributed by atoms with Crippen LogP contribution in [0, 0.1) is 0 Å². The fourth-order valence-electron chi connectivity index (χ4n) is 7.14. The van der Waals surface area contributed by atoms with Gasteiger partial charge in [0.15, 0.2) is 5.82 Å². The normalized spacial score (nSPS) is 24.7. The summed E-state index contributed by atoms with van der Waals surface area (Å²) in [6.07, 6.45) is 4.39. The van der Waals surface area contributed by atoms with E-state index in [-0.39, 0.29) is 24.0 Å². The number of anilines is 4. The van der Waals surface area contributed by atoms with Crippen molar-refractivity contribution in [2.45, 2.75) is 63.7 Å². The van der Waals surface area contributed by atoms with E-state index in [0.29, 0.717) is 48.1 Å². The van der Waals surface area contributed by atoms with E-state index in [2.05, 4.69) is 46.2 Å². The van der Waals surface area contributed by atoms with Crippen LogP contribution >= 0.6 is 0 Å². The molecule has 4 aliphatic rings. The number of carbonyl (C=O) groups is 2. The smallest absolute Gasteiger partial charge is 0.323 e. The summed E-state index contributed by atoms with van der Waals surface area (Å²) in [5.41, 5.74) is 2.73. The number of morpholine rings is 1. The molecule has 2 aromatic carbocycles. The Morgan fingerprint density at radius 3 is 1.85 bits per heavy atom. The van der Waals surface area contributed by atoms with Gasteiger partial charge in [-0.05, 0) is 95.1 Å². The fourth-order valence-corrected chi connectivity index (χ4v) is 7.14. The van der Waals surface area contributed by atoms with Crippen molar-refractivity contribution in [3.63, 3.8) is 0 Å². The summed E-state index contributed by atoms with van der Waals surface area (Å²) in [4.78, 5) is 49.4. The van der Waals surface area contributed by atoms with Crippen LogP contribution in [-0.2, 0) is 4.74 Å². The van der Waals surface area contributed by atoms with Gasteiger partial charge in [0.1, 0.15) is 0 Å². The van der Waals surface area contributed by atoms with E-state index in [1.165, 1.54) is 0 Å². The minimum atomic E-state index is -0.365. The maximum atomic E-state index is 12.8. The second-order valence-corrected chi connectivity index (χ2v) is 13.1. The molecule has 0 spiro atoms. The number of ether oxygens (including phenoxy) is 1. The maximum absolute atomic E-state index is 12.8. The summed E-state index contributed by atoms with van der Waals surface area (Å²) in [5.74, 6) is 2.09. The van der Waals surface area contributed by atoms with Crippen LogP contribution in [-0.4, -0.2) is 107 Å². The van der Waals surface area contributed by atoms with Crippen LogP contribution in [0.25, 0.3) is 11.4 Å². The zero-order valence-corrected chi connectivity index (χ0v) is 26.9. The fraction of sp³-hybridized carbons (Fsp3) is 0.500. The molecule has 0 saturated carbocycles. The highest BCUT2D eigenvalue weighted by Gasteiger charge is 2.40. The molecule has 46 heavy (non-hydrogen) atoms. The highest BCUT2D eigenvalue weighted by molar-refractivity contribution is 6.00. The number of carbonyl (C=O) groups excluding carboxylic acids is 2. The molecule has 4 fully saturated rings. The zero-order valence-electron chi connectivity index (χ0n) is 26.9. The lowest BCUT2D eigenvalue weighted by atomic mass is 10.1. The second kappa shape index (κ2) is 12.8. The van der Waals surface area contributed by atoms with Gasteiger partial charge in [0.25, 0.3) is 5.91 Å². The van der Waals surface area contributed by atoms with Crippen molar-refractivity contribution < 1.29 is 14.3 Å². The van der Waals surface area contributed by atoms with Crippen molar-refractivity contribution >= 4 is 35.2 Å². The molecule has 4 aliphatic heterocycles. The second-order valence-electron chi connectivity index (χ2n) is 13.1. The van der Waals surface area contributed by atoms with Gasteiger partial charge in [0, 0.05) is 60.8 Å². The van der Waals surface area contributed by atoms with E-state index in [1.54, 1.807) is 24.3 Å². The molecule has 3 aromatic rings. The number of benzene rings is 2. The molecule has 4 saturated heterocycles. The Labute approximate surface area is 270 Å². The van der Waals surface area contributed by atoms with Crippen molar-refractivity contribution in [2.75, 3.05) is 66.9 Å². The standard InChI is InChI=1S/C34H43N9O3/c1-22-4-5-23(2)42(22)32-37-30(38-33(39-32)43-28-14-15-29(43)21-46-20-28)24-6-10-26(11-7-24)35-34(45)36-27-12-8-25(9-13-27)31(44)41-18-16-40(3)17-19-41/h6-13,22-23,28-29H,4-5,14-21H2,1-3H3,(H2,35,36,45)/t22-,23+,28?,29?. The number of likely N-dealkylation sites (N-methyl/N-ethyl adjacent to an activating group) is 1. The van der Waals surface area contributed by atoms with Crippen LogP contribution in [0.15, 0.2) is 48.5 Å². The molecule has 2 bridgehead atoms. The van der Waals surface area contributed by atoms with Gasteiger partial charge in [-0.1, -0.05) is 0 Å². The molecule has 12 nitrogen and oxygen atoms in total. The van der Waals surface area contributed by atoms with Crippen LogP contribution in [0.3, 0.4) is 0 Å². The minimum absolute atomic E-state index is 0.0170. The van der Waals surface area contributed by atoms with Gasteiger partial charge in [0.05, 0.1) is 25.3 Å². The third-order valence-corrected chi connectivity index (χ3v) is 9.85. The highest BCUT2D eigenvalue weighted by Crippen LogP contribution is 2.35. The number of nitrogens with one attached hydrogen (secondary N) is 2. The lowest BCUT2D eigenvalue weighted by molar-refractivity contribution is 0.0664. The Bertz CT molecular complexity index is 1530. The molecular formula is C34H43N9O3. The average molecular weight is 626 g/mol. The number of piperazine rings is 1. The van der Waals surface area contributed by atoms with Crippen LogP contribution < -0.4 is 20.4 Å². The van der Waals surface area contributed by atoms with Crippen molar-refractivity contribution in [3.8, 4) is 11.4 Å². The first-order valence-electron chi connectivity index (χ1n) is 16.5. The Morgan fingerprint density at radius 1 is 0.717 bits per heavy atom. The molecule has 3 amide bonds. The summed E-state index contributed by atoms with van der Waals surface area (Å²) in [6.45, 7) is 9.05. The summed E-state index contributed by atoms with van der Waals surface area (Å²) in [7, 11) is 2.06. The summed E-state index contributed by atoms with van der Waals surface area (Å²) >= 11 is 0. The SMILES string of the molecule is C[C@@H]1CC[C@H](C)N1c1nc(-c2ccc(NC(=O)Nc3ccc(C(=O)N4CCN(C)CC4)cc3)cc2)nc(N2C3CCC2COC3)n1. The molecule has 5 heterocycles. The third kappa shape index (κ3) is 6.23. The lowest BCUT2D eigenvalue weighted by Gasteiger charge is -2.35. The van der Waals surface area contributed by atoms with E-state index in [0.717, 1.165) is 69.3 Å². The summed E-state index contributed by atoms with van der Waals surface area (Å²) in [5, 5.41) is 5.76. The summed E-state index contributed by atoms with van der Waals surface area (Å²) < 4.78 is 5.83. The van der Waals surface area contributed by atoms with E-state index in [4.69, 9.17) is 19.7 Å². The number of hydrogen-bond donors (Lipinski definition) is 2. The quantitative estimate of drug-likeness (QED) is 0.413. The van der Waals surface area contributed by atoms with E-state index in [9.17, 15) is 9.59 Å². The van der Waals surface area contributed by atoms with Gasteiger partial charge in [0.2, 0.25) is 11.9 Å². The predicted octanol–water partition coefficient (Wildman–Crippen LogP) is 4.32. The first kappa shape index (κ1) is 30.4. The molecule has 2 unspecified atom stereocenters. The Balaban J connectivity index is 1.04. The van der Waals surface area contributed by atoms with Gasteiger partial charge in [-0.15, -0.1) is 0 Å². The Hall–Kier alpha value is -4.29. The van der Waals surface area contributed by atoms with Crippen molar-refractivity contribution in [1.29, 1.82) is 0 Å². The molecular weight excluding hydrogens is 582 g/mol. The van der Waals surface area contributed by atoms with Gasteiger partial charge < -0.3 is 35.0 Å². The largest absolute Gasteiger partial charge is 0.377 e. The molecule has 1 aromatic heterocycles. The number of hydrogen-bond acceptors (Lipinski definition) is 9. The Kier molecular flexibility index (Phi) is 8.48. The number of fused-ring (bicyclic) bond motifs is 2. The molecule has 4 atom stereocenters. The van der Waals surface area contributed by atoms with Crippen molar-refractivity contribution in [2.24, 2.45) is 0 Å². The van der Waals surface area contributed by atoms with Crippen LogP contribution in [0.2, 0.25) is 0 Å². The topological polar surface area (TPSA) is 119 Å². The van der Waals surface area contributed by atoms with Gasteiger partial charge in [-0.25, -0.2) is 4.79 Å². The van der Waals surface area contributed by atoms with Crippen molar-refractivity contribution in [3.05, 3.63) is 54.1 Å². The minimum Gasteiger partial charge on any atom is -0.377 e. The van der Waals surface area contributed by atoms with Crippen LogP contribution in [0.1, 0.15) is 49.9 Å². The first-order chi connectivity index (χ1) is 22.3. The van der Waals surface area contributed by atoms with E-state index in [1.807, 2.05) is 29.2 Å². The lowest BCUT2D eigenvalue weighted by Crippen LogP contribution is -2.47. The van der Waals surface area contributed by atoms with E-state index >= 15 is 0 Å². The predicted molar refractivity (Wildman–Crippen MR) is 178 cm³/mol.